The van der Waals surface area contributed by atoms with E-state index in [0.717, 1.165) is 17.2 Å². The molecule has 5 nitrogen and oxygen atoms in total. The van der Waals surface area contributed by atoms with E-state index in [1.165, 1.54) is 5.56 Å². The fraction of sp³-hybridized carbons (Fsp3) is 0.200. The van der Waals surface area contributed by atoms with Crippen LogP contribution in [0.1, 0.15) is 11.4 Å². The van der Waals surface area contributed by atoms with Gasteiger partial charge in [-0.25, -0.2) is 0 Å². The van der Waals surface area contributed by atoms with E-state index in [0.29, 0.717) is 18.8 Å². The van der Waals surface area contributed by atoms with Crippen LogP contribution in [-0.4, -0.2) is 21.2 Å². The van der Waals surface area contributed by atoms with E-state index in [2.05, 4.69) is 10.2 Å². The largest absolute Gasteiger partial charge is 0.493 e. The van der Waals surface area contributed by atoms with Crippen molar-refractivity contribution in [1.82, 2.24) is 14.6 Å². The summed E-state index contributed by atoms with van der Waals surface area (Å²) in [5, 5.41) is 8.25. The van der Waals surface area contributed by atoms with Crippen LogP contribution in [0, 0.1) is 6.92 Å². The maximum atomic E-state index is 5.95. The van der Waals surface area contributed by atoms with Crippen LogP contribution in [0.4, 0.5) is 5.82 Å². The number of ether oxygens (including phenoxy) is 1. The van der Waals surface area contributed by atoms with Gasteiger partial charge >= 0.3 is 0 Å². The maximum Gasteiger partial charge on any atom is 0.162 e. The summed E-state index contributed by atoms with van der Waals surface area (Å²) in [4.78, 5) is 0. The lowest BCUT2D eigenvalue weighted by atomic mass is 10.2. The van der Waals surface area contributed by atoms with Crippen molar-refractivity contribution in [3.63, 3.8) is 0 Å². The molecule has 5 heteroatoms. The minimum atomic E-state index is 0.540. The Hall–Kier alpha value is -2.56. The van der Waals surface area contributed by atoms with Gasteiger partial charge in [0.15, 0.2) is 5.65 Å². The molecule has 0 bridgehead atoms. The Balaban J connectivity index is 1.71. The minimum absolute atomic E-state index is 0.540. The number of hydrogen-bond donors (Lipinski definition) is 1. The van der Waals surface area contributed by atoms with Gasteiger partial charge in [-0.3, -0.25) is 4.40 Å². The number of nitrogens with zero attached hydrogens (tertiary/aromatic N) is 3. The van der Waals surface area contributed by atoms with Crippen molar-refractivity contribution in [3.8, 4) is 5.75 Å². The number of aromatic nitrogens is 3. The number of fused-ring (bicyclic) bond motifs is 1. The van der Waals surface area contributed by atoms with Crippen LogP contribution in [0.3, 0.4) is 0 Å². The molecule has 0 aliphatic carbocycles. The summed E-state index contributed by atoms with van der Waals surface area (Å²) in [5.74, 6) is 2.32. The van der Waals surface area contributed by atoms with E-state index in [1.807, 2.05) is 53.8 Å². The Morgan fingerprint density at radius 2 is 2.00 bits per heavy atom. The number of anilines is 1. The molecule has 0 fully saturated rings. The lowest BCUT2D eigenvalue weighted by Crippen LogP contribution is -2.07. The molecule has 0 atom stereocenters. The molecule has 20 heavy (non-hydrogen) atoms. The molecule has 0 unspecified atom stereocenters. The predicted molar refractivity (Wildman–Crippen MR) is 77.8 cm³/mol. The van der Waals surface area contributed by atoms with Crippen molar-refractivity contribution in [3.05, 3.63) is 53.9 Å². The first kappa shape index (κ1) is 12.5. The molecule has 2 aromatic heterocycles. The molecule has 0 saturated carbocycles. The Morgan fingerprint density at radius 3 is 2.85 bits per heavy atom. The van der Waals surface area contributed by atoms with Crippen LogP contribution < -0.4 is 10.5 Å². The second kappa shape index (κ2) is 5.21. The third-order valence-corrected chi connectivity index (χ3v) is 3.11. The molecule has 102 valence electrons. The van der Waals surface area contributed by atoms with Gasteiger partial charge in [-0.1, -0.05) is 18.2 Å². The quantitative estimate of drug-likeness (QED) is 0.788. The van der Waals surface area contributed by atoms with Crippen molar-refractivity contribution in [2.24, 2.45) is 0 Å². The molecular formula is C15H16N4O. The standard InChI is InChI=1S/C15H16N4O/c1-11-4-2-5-12(10-11)20-9-8-15-18-17-14-7-3-6-13(16)19(14)15/h2-7,10H,8-9,16H2,1H3. The molecule has 3 rings (SSSR count). The summed E-state index contributed by atoms with van der Waals surface area (Å²) in [5.41, 5.74) is 7.89. The van der Waals surface area contributed by atoms with Crippen LogP contribution in [0.25, 0.3) is 5.65 Å². The van der Waals surface area contributed by atoms with Crippen LogP contribution in [0.5, 0.6) is 5.75 Å². The van der Waals surface area contributed by atoms with Crippen molar-refractivity contribution in [2.75, 3.05) is 12.3 Å². The monoisotopic (exact) mass is 268 g/mol. The molecule has 3 aromatic rings. The average molecular weight is 268 g/mol. The fourth-order valence-electron chi connectivity index (χ4n) is 2.15. The number of nitrogen functional groups attached to an aromatic ring is 1. The molecule has 0 aliphatic rings. The highest BCUT2D eigenvalue weighted by atomic mass is 16.5. The highest BCUT2D eigenvalue weighted by Gasteiger charge is 2.07. The van der Waals surface area contributed by atoms with Gasteiger partial charge in [-0.15, -0.1) is 10.2 Å². The second-order valence-electron chi connectivity index (χ2n) is 4.68. The number of rotatable bonds is 4. The smallest absolute Gasteiger partial charge is 0.162 e. The number of aryl methyl sites for hydroxylation is 1. The third kappa shape index (κ3) is 2.42. The van der Waals surface area contributed by atoms with Gasteiger partial charge in [-0.05, 0) is 36.8 Å². The second-order valence-corrected chi connectivity index (χ2v) is 4.68. The van der Waals surface area contributed by atoms with Gasteiger partial charge in [0.25, 0.3) is 0 Å². The summed E-state index contributed by atoms with van der Waals surface area (Å²) < 4.78 is 7.57. The Morgan fingerprint density at radius 1 is 1.15 bits per heavy atom. The van der Waals surface area contributed by atoms with E-state index >= 15 is 0 Å². The van der Waals surface area contributed by atoms with Crippen molar-refractivity contribution in [2.45, 2.75) is 13.3 Å². The number of hydrogen-bond acceptors (Lipinski definition) is 4. The number of nitrogens with two attached hydrogens (primary N) is 1. The number of benzene rings is 1. The Kier molecular flexibility index (Phi) is 3.25. The highest BCUT2D eigenvalue weighted by molar-refractivity contribution is 5.47. The Labute approximate surface area is 117 Å². The van der Waals surface area contributed by atoms with Gasteiger partial charge in [0.05, 0.1) is 6.61 Å². The van der Waals surface area contributed by atoms with E-state index < -0.39 is 0 Å². The summed E-state index contributed by atoms with van der Waals surface area (Å²) >= 11 is 0. The maximum absolute atomic E-state index is 5.95. The van der Waals surface area contributed by atoms with Crippen molar-refractivity contribution < 1.29 is 4.74 Å². The normalized spacial score (nSPS) is 10.8. The zero-order valence-corrected chi connectivity index (χ0v) is 11.3. The average Bonchev–Trinajstić information content (AvgIpc) is 2.84. The topological polar surface area (TPSA) is 65.4 Å². The molecular weight excluding hydrogens is 252 g/mol. The molecule has 1 aromatic carbocycles. The molecule has 0 saturated heterocycles. The van der Waals surface area contributed by atoms with Gasteiger partial charge < -0.3 is 10.5 Å². The third-order valence-electron chi connectivity index (χ3n) is 3.11. The lowest BCUT2D eigenvalue weighted by molar-refractivity contribution is 0.318. The zero-order valence-electron chi connectivity index (χ0n) is 11.3. The van der Waals surface area contributed by atoms with Crippen LogP contribution in [0.15, 0.2) is 42.5 Å². The first-order valence-electron chi connectivity index (χ1n) is 6.52. The fourth-order valence-corrected chi connectivity index (χ4v) is 2.15. The zero-order chi connectivity index (χ0) is 13.9. The summed E-state index contributed by atoms with van der Waals surface area (Å²) in [7, 11) is 0. The molecule has 2 heterocycles. The van der Waals surface area contributed by atoms with Gasteiger partial charge in [-0.2, -0.15) is 0 Å². The van der Waals surface area contributed by atoms with E-state index in [1.54, 1.807) is 0 Å². The minimum Gasteiger partial charge on any atom is -0.493 e. The van der Waals surface area contributed by atoms with Crippen LogP contribution in [0.2, 0.25) is 0 Å². The van der Waals surface area contributed by atoms with E-state index in [4.69, 9.17) is 10.5 Å². The molecule has 0 radical (unpaired) electrons. The predicted octanol–water partition coefficient (Wildman–Crippen LogP) is 2.24. The molecule has 0 amide bonds. The van der Waals surface area contributed by atoms with E-state index in [9.17, 15) is 0 Å². The van der Waals surface area contributed by atoms with Crippen LogP contribution in [-0.2, 0) is 6.42 Å². The first-order chi connectivity index (χ1) is 9.74. The lowest BCUT2D eigenvalue weighted by Gasteiger charge is -2.07. The summed E-state index contributed by atoms with van der Waals surface area (Å²) in [6, 6.07) is 13.6. The summed E-state index contributed by atoms with van der Waals surface area (Å²) in [6.07, 6.45) is 0.656. The van der Waals surface area contributed by atoms with Crippen molar-refractivity contribution in [1.29, 1.82) is 0 Å². The van der Waals surface area contributed by atoms with Gasteiger partial charge in [0.2, 0.25) is 0 Å². The van der Waals surface area contributed by atoms with Crippen molar-refractivity contribution >= 4 is 11.5 Å². The molecule has 0 aliphatic heterocycles. The number of pyridine rings is 1. The molecule has 0 spiro atoms. The Bertz CT molecular complexity index is 736. The SMILES string of the molecule is Cc1cccc(OCCc2nnc3cccc(N)n23)c1. The summed E-state index contributed by atoms with van der Waals surface area (Å²) in [6.45, 7) is 2.58. The van der Waals surface area contributed by atoms with Gasteiger partial charge in [0, 0.05) is 6.42 Å². The van der Waals surface area contributed by atoms with Gasteiger partial charge in [0.1, 0.15) is 17.4 Å². The van der Waals surface area contributed by atoms with Crippen LogP contribution >= 0.6 is 0 Å². The highest BCUT2D eigenvalue weighted by Crippen LogP contribution is 2.14. The first-order valence-corrected chi connectivity index (χ1v) is 6.52. The van der Waals surface area contributed by atoms with E-state index in [-0.39, 0.29) is 0 Å². The molecule has 2 N–H and O–H groups in total.